The molecule has 0 unspecified atom stereocenters. The van der Waals surface area contributed by atoms with E-state index in [0.29, 0.717) is 6.61 Å². The summed E-state index contributed by atoms with van der Waals surface area (Å²) in [5.41, 5.74) is 1.42. The molecule has 0 aromatic carbocycles. The zero-order chi connectivity index (χ0) is 8.10. The zero-order valence-corrected chi connectivity index (χ0v) is 7.49. The van der Waals surface area contributed by atoms with Crippen molar-refractivity contribution >= 4 is 11.3 Å². The molecule has 0 radical (unpaired) electrons. The SMILES string of the molecule is CCc1ccsc1CCON. The molecule has 1 heterocycles. The smallest absolute Gasteiger partial charge is 0.0727 e. The standard InChI is InChI=1S/C8H13NOS/c1-2-7-4-6-11-8(7)3-5-10-9/h4,6H,2-3,5,9H2,1H3. The highest BCUT2D eigenvalue weighted by atomic mass is 32.1. The highest BCUT2D eigenvalue weighted by Gasteiger charge is 2.00. The van der Waals surface area contributed by atoms with Crippen LogP contribution in [0.25, 0.3) is 0 Å². The van der Waals surface area contributed by atoms with Crippen LogP contribution in [0.4, 0.5) is 0 Å². The van der Waals surface area contributed by atoms with E-state index in [-0.39, 0.29) is 0 Å². The Morgan fingerprint density at radius 1 is 1.64 bits per heavy atom. The van der Waals surface area contributed by atoms with Crippen LogP contribution in [0, 0.1) is 0 Å². The van der Waals surface area contributed by atoms with Gasteiger partial charge in [0.25, 0.3) is 0 Å². The predicted octanol–water partition coefficient (Wildman–Crippen LogP) is 1.74. The lowest BCUT2D eigenvalue weighted by atomic mass is 10.2. The van der Waals surface area contributed by atoms with Crippen molar-refractivity contribution in [3.63, 3.8) is 0 Å². The molecule has 0 saturated heterocycles. The Hall–Kier alpha value is -0.380. The lowest BCUT2D eigenvalue weighted by molar-refractivity contribution is 0.141. The molecular formula is C8H13NOS. The summed E-state index contributed by atoms with van der Waals surface area (Å²) in [4.78, 5) is 5.92. The van der Waals surface area contributed by atoms with E-state index in [1.165, 1.54) is 10.4 Å². The molecule has 0 fully saturated rings. The Labute approximate surface area is 70.9 Å². The van der Waals surface area contributed by atoms with E-state index in [1.54, 1.807) is 11.3 Å². The monoisotopic (exact) mass is 171 g/mol. The molecule has 62 valence electrons. The van der Waals surface area contributed by atoms with E-state index in [4.69, 9.17) is 5.90 Å². The molecule has 3 heteroatoms. The molecule has 2 nitrogen and oxygen atoms in total. The van der Waals surface area contributed by atoms with Gasteiger partial charge in [-0.15, -0.1) is 11.3 Å². The number of thiophene rings is 1. The van der Waals surface area contributed by atoms with Gasteiger partial charge in [-0.1, -0.05) is 6.92 Å². The summed E-state index contributed by atoms with van der Waals surface area (Å²) in [5, 5.41) is 2.12. The van der Waals surface area contributed by atoms with E-state index in [2.05, 4.69) is 23.2 Å². The number of rotatable bonds is 4. The second-order valence-electron chi connectivity index (χ2n) is 2.34. The van der Waals surface area contributed by atoms with Gasteiger partial charge in [-0.05, 0) is 23.4 Å². The second-order valence-corrected chi connectivity index (χ2v) is 3.34. The van der Waals surface area contributed by atoms with Crippen molar-refractivity contribution in [2.75, 3.05) is 6.61 Å². The van der Waals surface area contributed by atoms with Gasteiger partial charge in [0.15, 0.2) is 0 Å². The largest absolute Gasteiger partial charge is 0.304 e. The van der Waals surface area contributed by atoms with Crippen LogP contribution in [0.3, 0.4) is 0 Å². The van der Waals surface area contributed by atoms with E-state index in [0.717, 1.165) is 12.8 Å². The van der Waals surface area contributed by atoms with Gasteiger partial charge in [0.2, 0.25) is 0 Å². The minimum absolute atomic E-state index is 0.619. The van der Waals surface area contributed by atoms with Crippen LogP contribution in [0.5, 0.6) is 0 Å². The molecule has 0 aliphatic heterocycles. The maximum atomic E-state index is 4.94. The van der Waals surface area contributed by atoms with Gasteiger partial charge in [-0.2, -0.15) is 0 Å². The highest BCUT2D eigenvalue weighted by Crippen LogP contribution is 2.17. The lowest BCUT2D eigenvalue weighted by Crippen LogP contribution is -2.03. The van der Waals surface area contributed by atoms with Crippen LogP contribution in [0.15, 0.2) is 11.4 Å². The summed E-state index contributed by atoms with van der Waals surface area (Å²) in [6.07, 6.45) is 2.04. The molecule has 2 N–H and O–H groups in total. The molecule has 1 aromatic rings. The molecule has 0 aliphatic rings. The first-order valence-electron chi connectivity index (χ1n) is 3.75. The first-order valence-corrected chi connectivity index (χ1v) is 4.63. The van der Waals surface area contributed by atoms with E-state index >= 15 is 0 Å². The third-order valence-corrected chi connectivity index (χ3v) is 2.69. The van der Waals surface area contributed by atoms with Gasteiger partial charge in [-0.25, -0.2) is 5.90 Å². The van der Waals surface area contributed by atoms with Gasteiger partial charge < -0.3 is 4.84 Å². The maximum Gasteiger partial charge on any atom is 0.0727 e. The van der Waals surface area contributed by atoms with E-state index in [9.17, 15) is 0 Å². The van der Waals surface area contributed by atoms with Gasteiger partial charge in [0.05, 0.1) is 6.61 Å². The molecule has 0 saturated carbocycles. The van der Waals surface area contributed by atoms with Crippen molar-refractivity contribution in [2.45, 2.75) is 19.8 Å². The Bertz CT molecular complexity index is 210. The van der Waals surface area contributed by atoms with Crippen molar-refractivity contribution in [3.8, 4) is 0 Å². The van der Waals surface area contributed by atoms with Gasteiger partial charge >= 0.3 is 0 Å². The molecule has 0 atom stereocenters. The second kappa shape index (κ2) is 4.49. The van der Waals surface area contributed by atoms with Crippen LogP contribution in [0.2, 0.25) is 0 Å². The number of aryl methyl sites for hydroxylation is 1. The van der Waals surface area contributed by atoms with Gasteiger partial charge in [0.1, 0.15) is 0 Å². The minimum Gasteiger partial charge on any atom is -0.304 e. The number of hydrogen-bond donors (Lipinski definition) is 1. The summed E-state index contributed by atoms with van der Waals surface area (Å²) in [6, 6.07) is 2.16. The number of nitrogens with two attached hydrogens (primary N) is 1. The van der Waals surface area contributed by atoms with Crippen molar-refractivity contribution in [1.29, 1.82) is 0 Å². The third-order valence-electron chi connectivity index (χ3n) is 1.67. The summed E-state index contributed by atoms with van der Waals surface area (Å²) in [7, 11) is 0. The number of hydrogen-bond acceptors (Lipinski definition) is 3. The Balaban J connectivity index is 2.54. The zero-order valence-electron chi connectivity index (χ0n) is 6.67. The summed E-state index contributed by atoms with van der Waals surface area (Å²) in [6.45, 7) is 2.78. The average Bonchev–Trinajstić information content (AvgIpc) is 2.47. The maximum absolute atomic E-state index is 4.94. The fraction of sp³-hybridized carbons (Fsp3) is 0.500. The minimum atomic E-state index is 0.619. The highest BCUT2D eigenvalue weighted by molar-refractivity contribution is 7.10. The van der Waals surface area contributed by atoms with Crippen LogP contribution in [-0.4, -0.2) is 6.61 Å². The molecule has 1 rings (SSSR count). The molecular weight excluding hydrogens is 158 g/mol. The topological polar surface area (TPSA) is 35.2 Å². The Kier molecular flexibility index (Phi) is 3.56. The molecule has 11 heavy (non-hydrogen) atoms. The lowest BCUT2D eigenvalue weighted by Gasteiger charge is -1.98. The first-order chi connectivity index (χ1) is 5.38. The van der Waals surface area contributed by atoms with Crippen molar-refractivity contribution in [2.24, 2.45) is 5.90 Å². The van der Waals surface area contributed by atoms with Crippen LogP contribution in [-0.2, 0) is 17.7 Å². The van der Waals surface area contributed by atoms with Crippen molar-refractivity contribution in [3.05, 3.63) is 21.9 Å². The molecule has 0 bridgehead atoms. The molecule has 1 aromatic heterocycles. The summed E-state index contributed by atoms with van der Waals surface area (Å²) >= 11 is 1.78. The van der Waals surface area contributed by atoms with Crippen molar-refractivity contribution < 1.29 is 4.84 Å². The predicted molar refractivity (Wildman–Crippen MR) is 47.5 cm³/mol. The van der Waals surface area contributed by atoms with Crippen LogP contribution >= 0.6 is 11.3 Å². The van der Waals surface area contributed by atoms with Crippen LogP contribution in [0.1, 0.15) is 17.4 Å². The van der Waals surface area contributed by atoms with Gasteiger partial charge in [-0.3, -0.25) is 0 Å². The Morgan fingerprint density at radius 2 is 2.45 bits per heavy atom. The molecule has 0 spiro atoms. The summed E-state index contributed by atoms with van der Waals surface area (Å²) < 4.78 is 0. The third kappa shape index (κ3) is 2.29. The molecule has 0 aliphatic carbocycles. The Morgan fingerprint density at radius 3 is 3.09 bits per heavy atom. The average molecular weight is 171 g/mol. The summed E-state index contributed by atoms with van der Waals surface area (Å²) in [5.74, 6) is 4.94. The fourth-order valence-electron chi connectivity index (χ4n) is 1.05. The van der Waals surface area contributed by atoms with E-state index < -0.39 is 0 Å². The van der Waals surface area contributed by atoms with Gasteiger partial charge in [0, 0.05) is 11.3 Å². The van der Waals surface area contributed by atoms with Crippen molar-refractivity contribution in [1.82, 2.24) is 0 Å². The quantitative estimate of drug-likeness (QED) is 0.700. The molecule has 0 amide bonds. The fourth-order valence-corrected chi connectivity index (χ4v) is 2.01. The first kappa shape index (κ1) is 8.71. The normalized spacial score (nSPS) is 10.4. The van der Waals surface area contributed by atoms with E-state index in [1.807, 2.05) is 0 Å². The van der Waals surface area contributed by atoms with Crippen LogP contribution < -0.4 is 5.90 Å².